The molecule has 35 heavy (non-hydrogen) atoms. The number of unbranched alkanes of at least 4 members (excludes halogenated alkanes) is 1. The number of piperidine rings is 1. The summed E-state index contributed by atoms with van der Waals surface area (Å²) in [6, 6.07) is 10.5. The predicted octanol–water partition coefficient (Wildman–Crippen LogP) is 5.82. The van der Waals surface area contributed by atoms with E-state index in [9.17, 15) is 9.90 Å². The normalized spacial score (nSPS) is 24.1. The van der Waals surface area contributed by atoms with Crippen LogP contribution in [0.15, 0.2) is 30.3 Å². The molecule has 1 saturated heterocycles. The van der Waals surface area contributed by atoms with Gasteiger partial charge in [0.05, 0.1) is 5.60 Å². The first kappa shape index (κ1) is 26.5. The summed E-state index contributed by atoms with van der Waals surface area (Å²) in [6.45, 7) is 2.23. The Kier molecular flexibility index (Phi) is 9.91. The molecule has 5 nitrogen and oxygen atoms in total. The molecule has 3 atom stereocenters. The van der Waals surface area contributed by atoms with E-state index >= 15 is 0 Å². The molecule has 0 bridgehead atoms. The van der Waals surface area contributed by atoms with Gasteiger partial charge in [-0.15, -0.1) is 0 Å². The van der Waals surface area contributed by atoms with Crippen LogP contribution in [-0.4, -0.2) is 48.8 Å². The zero-order chi connectivity index (χ0) is 24.5. The number of hydrogen-bond acceptors (Lipinski definition) is 3. The van der Waals surface area contributed by atoms with Crippen LogP contribution in [0, 0.1) is 17.8 Å². The van der Waals surface area contributed by atoms with Crippen LogP contribution in [0.4, 0.5) is 4.79 Å². The Morgan fingerprint density at radius 1 is 1.03 bits per heavy atom. The lowest BCUT2D eigenvalue weighted by Gasteiger charge is -2.43. The van der Waals surface area contributed by atoms with Crippen LogP contribution in [-0.2, 0) is 5.60 Å². The number of hydrogen-bond donors (Lipinski definition) is 3. The lowest BCUT2D eigenvalue weighted by Crippen LogP contribution is -2.54. The van der Waals surface area contributed by atoms with E-state index in [1.807, 2.05) is 30.1 Å². The lowest BCUT2D eigenvalue weighted by molar-refractivity contribution is -0.0558. The standard InChI is InChI=1S/C30H49N3O2/c1-31-22-28(21-25-12-4-2-5-13-25)32-29(34)33-20-10-16-27(23-33)30(35,26-14-6-3-7-15-26)19-9-8-11-24-17-18-24/h3,6-7,14-15,24-25,27-28,31,35H,2,4-5,8-13,16-23H2,1H3,(H,32,34)/t27?,28?,30-/m1/s1. The molecule has 2 unspecified atom stereocenters. The molecule has 196 valence electrons. The number of nitrogens with one attached hydrogen (secondary N) is 2. The lowest BCUT2D eigenvalue weighted by atomic mass is 9.74. The molecule has 1 aliphatic heterocycles. The summed E-state index contributed by atoms with van der Waals surface area (Å²) in [6.07, 6.45) is 16.7. The molecular formula is C30H49N3O2. The number of nitrogens with zero attached hydrogens (tertiary/aromatic N) is 1. The molecule has 1 aromatic rings. The van der Waals surface area contributed by atoms with Crippen LogP contribution in [0.25, 0.3) is 0 Å². The molecule has 0 radical (unpaired) electrons. The van der Waals surface area contributed by atoms with Crippen molar-refractivity contribution in [3.05, 3.63) is 35.9 Å². The summed E-state index contributed by atoms with van der Waals surface area (Å²) in [5, 5.41) is 18.8. The summed E-state index contributed by atoms with van der Waals surface area (Å²) in [4.78, 5) is 15.4. The van der Waals surface area contributed by atoms with Gasteiger partial charge in [-0.2, -0.15) is 0 Å². The highest BCUT2D eigenvalue weighted by Gasteiger charge is 2.41. The molecule has 3 fully saturated rings. The summed E-state index contributed by atoms with van der Waals surface area (Å²) in [5.41, 5.74) is 0.153. The van der Waals surface area contributed by atoms with Gasteiger partial charge in [-0.3, -0.25) is 0 Å². The summed E-state index contributed by atoms with van der Waals surface area (Å²) in [5.74, 6) is 1.74. The van der Waals surface area contributed by atoms with Crippen LogP contribution >= 0.6 is 0 Å². The highest BCUT2D eigenvalue weighted by Crippen LogP contribution is 2.41. The van der Waals surface area contributed by atoms with Gasteiger partial charge in [-0.1, -0.05) is 94.5 Å². The molecule has 5 heteroatoms. The van der Waals surface area contributed by atoms with Crippen LogP contribution in [0.2, 0.25) is 0 Å². The average molecular weight is 484 g/mol. The molecular weight excluding hydrogens is 434 g/mol. The molecule has 1 aromatic carbocycles. The first-order valence-corrected chi connectivity index (χ1v) is 14.6. The zero-order valence-corrected chi connectivity index (χ0v) is 22.0. The highest BCUT2D eigenvalue weighted by molar-refractivity contribution is 5.74. The quantitative estimate of drug-likeness (QED) is 0.328. The summed E-state index contributed by atoms with van der Waals surface area (Å²) >= 11 is 0. The third-order valence-corrected chi connectivity index (χ3v) is 8.90. The van der Waals surface area contributed by atoms with Gasteiger partial charge in [0, 0.05) is 31.6 Å². The van der Waals surface area contributed by atoms with Gasteiger partial charge in [0.25, 0.3) is 0 Å². The second kappa shape index (κ2) is 13.1. The number of rotatable bonds is 12. The molecule has 2 saturated carbocycles. The fourth-order valence-electron chi connectivity index (χ4n) is 6.63. The second-order valence-corrected chi connectivity index (χ2v) is 11.7. The monoisotopic (exact) mass is 483 g/mol. The number of likely N-dealkylation sites (N-methyl/N-ethyl adjacent to an activating group) is 1. The van der Waals surface area contributed by atoms with E-state index in [1.54, 1.807) is 0 Å². The number of carbonyl (C=O) groups is 1. The Morgan fingerprint density at radius 3 is 2.51 bits per heavy atom. The van der Waals surface area contributed by atoms with Crippen molar-refractivity contribution in [1.82, 2.24) is 15.5 Å². The van der Waals surface area contributed by atoms with Crippen molar-refractivity contribution in [3.63, 3.8) is 0 Å². The van der Waals surface area contributed by atoms with Crippen molar-refractivity contribution in [2.75, 3.05) is 26.7 Å². The average Bonchev–Trinajstić information content (AvgIpc) is 3.72. The number of carbonyl (C=O) groups excluding carboxylic acids is 1. The molecule has 4 rings (SSSR count). The van der Waals surface area contributed by atoms with Crippen LogP contribution in [0.5, 0.6) is 0 Å². The van der Waals surface area contributed by atoms with Crippen molar-refractivity contribution in [2.45, 2.75) is 102 Å². The maximum atomic E-state index is 13.4. The highest BCUT2D eigenvalue weighted by atomic mass is 16.3. The van der Waals surface area contributed by atoms with E-state index in [2.05, 4.69) is 22.8 Å². The van der Waals surface area contributed by atoms with Gasteiger partial charge in [0.2, 0.25) is 0 Å². The van der Waals surface area contributed by atoms with Crippen molar-refractivity contribution in [3.8, 4) is 0 Å². The van der Waals surface area contributed by atoms with Gasteiger partial charge in [-0.25, -0.2) is 4.79 Å². The van der Waals surface area contributed by atoms with E-state index in [4.69, 9.17) is 0 Å². The first-order valence-electron chi connectivity index (χ1n) is 14.6. The number of likely N-dealkylation sites (tertiary alicyclic amines) is 1. The van der Waals surface area contributed by atoms with Crippen LogP contribution in [0.3, 0.4) is 0 Å². The Bertz CT molecular complexity index is 762. The molecule has 2 aliphatic carbocycles. The smallest absolute Gasteiger partial charge is 0.317 e. The van der Waals surface area contributed by atoms with E-state index < -0.39 is 5.60 Å². The Balaban J connectivity index is 1.37. The van der Waals surface area contributed by atoms with Crippen molar-refractivity contribution in [2.24, 2.45) is 17.8 Å². The molecule has 2 amide bonds. The molecule has 3 aliphatic rings. The van der Waals surface area contributed by atoms with Gasteiger partial charge < -0.3 is 20.6 Å². The fourth-order valence-corrected chi connectivity index (χ4v) is 6.63. The minimum atomic E-state index is -0.865. The van der Waals surface area contributed by atoms with E-state index in [0.29, 0.717) is 6.54 Å². The third kappa shape index (κ3) is 7.69. The van der Waals surface area contributed by atoms with Gasteiger partial charge in [0.15, 0.2) is 0 Å². The van der Waals surface area contributed by atoms with Gasteiger partial charge in [0.1, 0.15) is 0 Å². The third-order valence-electron chi connectivity index (χ3n) is 8.90. The Morgan fingerprint density at radius 2 is 1.80 bits per heavy atom. The topological polar surface area (TPSA) is 64.6 Å². The van der Waals surface area contributed by atoms with Crippen molar-refractivity contribution < 1.29 is 9.90 Å². The minimum Gasteiger partial charge on any atom is -0.385 e. The van der Waals surface area contributed by atoms with E-state index in [-0.39, 0.29) is 18.0 Å². The van der Waals surface area contributed by atoms with Crippen molar-refractivity contribution in [1.29, 1.82) is 0 Å². The molecule has 0 aromatic heterocycles. The fraction of sp³-hybridized carbons (Fsp3) is 0.767. The number of aliphatic hydroxyl groups is 1. The number of benzene rings is 1. The van der Waals surface area contributed by atoms with E-state index in [0.717, 1.165) is 62.6 Å². The number of urea groups is 1. The Hall–Kier alpha value is -1.59. The van der Waals surface area contributed by atoms with Crippen LogP contribution < -0.4 is 10.6 Å². The largest absolute Gasteiger partial charge is 0.385 e. The zero-order valence-electron chi connectivity index (χ0n) is 22.0. The number of amides is 2. The maximum Gasteiger partial charge on any atom is 0.317 e. The summed E-state index contributed by atoms with van der Waals surface area (Å²) < 4.78 is 0. The van der Waals surface area contributed by atoms with Gasteiger partial charge >= 0.3 is 6.03 Å². The molecule has 1 heterocycles. The first-order chi connectivity index (χ1) is 17.1. The second-order valence-electron chi connectivity index (χ2n) is 11.7. The Labute approximate surface area is 213 Å². The molecule has 3 N–H and O–H groups in total. The van der Waals surface area contributed by atoms with E-state index in [1.165, 1.54) is 57.8 Å². The van der Waals surface area contributed by atoms with Crippen LogP contribution in [0.1, 0.15) is 95.5 Å². The molecule has 0 spiro atoms. The SMILES string of the molecule is CNCC(CC1CCCCC1)NC(=O)N1CCCC([C@@](O)(CCCCC2CC2)c2ccccc2)C1. The minimum absolute atomic E-state index is 0.0508. The summed E-state index contributed by atoms with van der Waals surface area (Å²) in [7, 11) is 1.97. The maximum absolute atomic E-state index is 13.4. The predicted molar refractivity (Wildman–Crippen MR) is 143 cm³/mol. The van der Waals surface area contributed by atoms with Gasteiger partial charge in [-0.05, 0) is 50.1 Å². The van der Waals surface area contributed by atoms with Crippen molar-refractivity contribution >= 4 is 6.03 Å².